The van der Waals surface area contributed by atoms with E-state index in [1.54, 1.807) is 0 Å². The van der Waals surface area contributed by atoms with E-state index in [4.69, 9.17) is 0 Å². The van der Waals surface area contributed by atoms with Crippen molar-refractivity contribution in [2.24, 2.45) is 0 Å². The summed E-state index contributed by atoms with van der Waals surface area (Å²) in [5, 5.41) is 0. The first-order valence-corrected chi connectivity index (χ1v) is 8.99. The summed E-state index contributed by atoms with van der Waals surface area (Å²) in [7, 11) is 0. The summed E-state index contributed by atoms with van der Waals surface area (Å²) < 4.78 is 0.219. The lowest BCUT2D eigenvalue weighted by atomic mass is 9.93. The average Bonchev–Trinajstić information content (AvgIpc) is 2.61. The van der Waals surface area contributed by atoms with E-state index in [2.05, 4.69) is 60.3 Å². The summed E-state index contributed by atoms with van der Waals surface area (Å²) in [5.74, 6) is 0. The van der Waals surface area contributed by atoms with Crippen molar-refractivity contribution in [1.29, 1.82) is 0 Å². The third-order valence-corrected chi connectivity index (χ3v) is 6.11. The molecule has 1 aliphatic rings. The van der Waals surface area contributed by atoms with Crippen LogP contribution in [0.2, 0.25) is 0 Å². The summed E-state index contributed by atoms with van der Waals surface area (Å²) in [4.78, 5) is 1.25. The zero-order valence-electron chi connectivity index (χ0n) is 14.8. The van der Waals surface area contributed by atoms with E-state index in [-0.39, 0.29) is 4.75 Å². The van der Waals surface area contributed by atoms with Gasteiger partial charge in [0, 0.05) is 9.65 Å². The molecule has 0 aliphatic carbocycles. The van der Waals surface area contributed by atoms with Gasteiger partial charge in [0.05, 0.1) is 0 Å². The van der Waals surface area contributed by atoms with Crippen molar-refractivity contribution in [1.82, 2.24) is 0 Å². The van der Waals surface area contributed by atoms with Crippen LogP contribution in [0.15, 0.2) is 45.9 Å². The van der Waals surface area contributed by atoms with Gasteiger partial charge in [0.1, 0.15) is 0 Å². The van der Waals surface area contributed by atoms with Gasteiger partial charge < -0.3 is 0 Å². The topological polar surface area (TPSA) is 0 Å². The predicted molar refractivity (Wildman–Crippen MR) is 99.8 cm³/mol. The molecule has 0 aromatic rings. The molecule has 1 aliphatic heterocycles. The second-order valence-electron chi connectivity index (χ2n) is 6.60. The zero-order valence-corrected chi connectivity index (χ0v) is 15.6. The van der Waals surface area contributed by atoms with Crippen LogP contribution < -0.4 is 0 Å². The lowest BCUT2D eigenvalue weighted by Crippen LogP contribution is -2.17. The lowest BCUT2D eigenvalue weighted by molar-refractivity contribution is 0.752. The Morgan fingerprint density at radius 1 is 1.14 bits per heavy atom. The largest absolute Gasteiger partial charge is 0.115 e. The van der Waals surface area contributed by atoms with Crippen LogP contribution in [0.3, 0.4) is 0 Å². The molecule has 1 unspecified atom stereocenters. The third-order valence-electron chi connectivity index (χ3n) is 4.64. The number of rotatable bonds is 7. The van der Waals surface area contributed by atoms with E-state index >= 15 is 0 Å². The van der Waals surface area contributed by atoms with Crippen LogP contribution in [-0.4, -0.2) is 4.75 Å². The van der Waals surface area contributed by atoms with Gasteiger partial charge in [-0.25, -0.2) is 0 Å². The molecule has 0 saturated carbocycles. The van der Waals surface area contributed by atoms with Gasteiger partial charge in [0.2, 0.25) is 0 Å². The first-order chi connectivity index (χ1) is 9.80. The van der Waals surface area contributed by atoms with E-state index in [1.807, 2.05) is 11.8 Å². The Morgan fingerprint density at radius 3 is 2.29 bits per heavy atom. The van der Waals surface area contributed by atoms with Crippen molar-refractivity contribution >= 4 is 11.8 Å². The predicted octanol–water partition coefficient (Wildman–Crippen LogP) is 7.21. The molecule has 0 amide bonds. The maximum atomic E-state index is 4.17. The van der Waals surface area contributed by atoms with Gasteiger partial charge >= 0.3 is 0 Å². The van der Waals surface area contributed by atoms with Crippen LogP contribution in [0.25, 0.3) is 0 Å². The smallest absolute Gasteiger partial charge is 0.0424 e. The molecular formula is C20H32S. The molecule has 1 atom stereocenters. The molecule has 0 nitrogen and oxygen atoms in total. The summed E-state index contributed by atoms with van der Waals surface area (Å²) in [5.41, 5.74) is 5.95. The molecule has 0 fully saturated rings. The first-order valence-electron chi connectivity index (χ1n) is 8.17. The summed E-state index contributed by atoms with van der Waals surface area (Å²) >= 11 is 1.94. The van der Waals surface area contributed by atoms with Crippen LogP contribution in [0.1, 0.15) is 73.6 Å². The Morgan fingerprint density at radius 2 is 1.76 bits per heavy atom. The minimum absolute atomic E-state index is 0.219. The number of thioether (sulfide) groups is 1. The van der Waals surface area contributed by atoms with Gasteiger partial charge in [-0.2, -0.15) is 0 Å². The van der Waals surface area contributed by atoms with Gasteiger partial charge in [-0.15, -0.1) is 11.8 Å². The van der Waals surface area contributed by atoms with Crippen molar-refractivity contribution in [3.8, 4) is 0 Å². The lowest BCUT2D eigenvalue weighted by Gasteiger charge is -2.24. The fourth-order valence-corrected chi connectivity index (χ4v) is 4.06. The molecule has 1 rings (SSSR count). The molecule has 0 N–H and O–H groups in total. The third kappa shape index (κ3) is 5.21. The average molecular weight is 305 g/mol. The van der Waals surface area contributed by atoms with Gasteiger partial charge in [0.25, 0.3) is 0 Å². The second kappa shape index (κ2) is 8.08. The first kappa shape index (κ1) is 18.4. The maximum absolute atomic E-state index is 4.17. The zero-order chi connectivity index (χ0) is 16.0. The van der Waals surface area contributed by atoms with Crippen molar-refractivity contribution < 1.29 is 0 Å². The summed E-state index contributed by atoms with van der Waals surface area (Å²) in [6, 6.07) is 0. The highest BCUT2D eigenvalue weighted by atomic mass is 32.2. The number of hydrogen-bond donors (Lipinski definition) is 0. The maximum Gasteiger partial charge on any atom is 0.0424 e. The quantitative estimate of drug-likeness (QED) is 0.448. The van der Waals surface area contributed by atoms with E-state index in [0.717, 1.165) is 6.42 Å². The Hall–Kier alpha value is -0.690. The van der Waals surface area contributed by atoms with E-state index in [9.17, 15) is 0 Å². The van der Waals surface area contributed by atoms with Crippen LogP contribution in [0.5, 0.6) is 0 Å². The molecule has 0 aromatic heterocycles. The second-order valence-corrected chi connectivity index (χ2v) is 8.20. The molecule has 118 valence electrons. The molecule has 1 heterocycles. The number of allylic oxidation sites excluding steroid dienone is 5. The monoisotopic (exact) mass is 304 g/mol. The van der Waals surface area contributed by atoms with Crippen molar-refractivity contribution in [2.75, 3.05) is 0 Å². The van der Waals surface area contributed by atoms with Crippen molar-refractivity contribution in [3.63, 3.8) is 0 Å². The fourth-order valence-electron chi connectivity index (χ4n) is 2.74. The Bertz CT molecular complexity index is 476. The molecule has 0 spiro atoms. The van der Waals surface area contributed by atoms with Crippen molar-refractivity contribution in [2.45, 2.75) is 78.4 Å². The molecular weight excluding hydrogens is 272 g/mol. The van der Waals surface area contributed by atoms with E-state index in [1.165, 1.54) is 52.9 Å². The van der Waals surface area contributed by atoms with Crippen LogP contribution in [0.4, 0.5) is 0 Å². The number of hydrogen-bond acceptors (Lipinski definition) is 1. The minimum Gasteiger partial charge on any atom is -0.115 e. The molecule has 0 aromatic carbocycles. The normalized spacial score (nSPS) is 24.2. The molecule has 0 bridgehead atoms. The van der Waals surface area contributed by atoms with E-state index < -0.39 is 0 Å². The van der Waals surface area contributed by atoms with Gasteiger partial charge in [-0.3, -0.25) is 0 Å². The van der Waals surface area contributed by atoms with Crippen molar-refractivity contribution in [3.05, 3.63) is 45.9 Å². The highest BCUT2D eigenvalue weighted by Crippen LogP contribution is 2.50. The molecule has 21 heavy (non-hydrogen) atoms. The molecule has 0 saturated heterocycles. The van der Waals surface area contributed by atoms with Crippen LogP contribution >= 0.6 is 11.8 Å². The highest BCUT2D eigenvalue weighted by molar-refractivity contribution is 8.05. The molecule has 0 radical (unpaired) electrons. The standard InChI is InChI=1S/C20H32S/c1-8-10-15(2)11-9-12-16(3)13-14-20(7)18(5)17(4)19(6)21-20/h11,13H,6,8-10,12,14H2,1-5,7H3/b15-11+,16-13+. The minimum atomic E-state index is 0.219. The fraction of sp³-hybridized carbons (Fsp3) is 0.600. The molecule has 1 heteroatoms. The SMILES string of the molecule is C=C1SC(C)(C/C=C(\C)CC/C=C(\C)CCC)C(C)=C1C. The van der Waals surface area contributed by atoms with Crippen LogP contribution in [-0.2, 0) is 0 Å². The van der Waals surface area contributed by atoms with Gasteiger partial charge in [0.15, 0.2) is 0 Å². The van der Waals surface area contributed by atoms with Crippen LogP contribution in [0, 0.1) is 0 Å². The Kier molecular flexibility index (Phi) is 7.06. The Balaban J connectivity index is 2.53. The highest BCUT2D eigenvalue weighted by Gasteiger charge is 2.34. The van der Waals surface area contributed by atoms with Gasteiger partial charge in [-0.1, -0.05) is 48.8 Å². The van der Waals surface area contributed by atoms with E-state index in [0.29, 0.717) is 0 Å². The van der Waals surface area contributed by atoms with Gasteiger partial charge in [-0.05, 0) is 65.9 Å². The summed E-state index contributed by atoms with van der Waals surface area (Å²) in [6.45, 7) is 17.8. The summed E-state index contributed by atoms with van der Waals surface area (Å²) in [6.07, 6.45) is 10.8. The Labute approximate surface area is 136 Å².